The van der Waals surface area contributed by atoms with Crippen molar-refractivity contribution < 1.29 is 78.6 Å². The molecule has 94 heavy (non-hydrogen) atoms. The Balaban J connectivity index is 0.000000150. The summed E-state index contributed by atoms with van der Waals surface area (Å²) in [7, 11) is 2.62. The van der Waals surface area contributed by atoms with Crippen molar-refractivity contribution in [3.63, 3.8) is 0 Å². The summed E-state index contributed by atoms with van der Waals surface area (Å²) >= 11 is 27.7. The number of fused-ring (bicyclic) bond motifs is 4. The Hall–Kier alpha value is -6.95. The van der Waals surface area contributed by atoms with Gasteiger partial charge in [0.05, 0.1) is 129 Å². The predicted octanol–water partition coefficient (Wildman–Crippen LogP) is 14.5. The highest BCUT2D eigenvalue weighted by Gasteiger charge is 2.30. The van der Waals surface area contributed by atoms with Gasteiger partial charge in [-0.05, 0) is 129 Å². The van der Waals surface area contributed by atoms with Crippen LogP contribution in [0.3, 0.4) is 0 Å². The number of aryl methyl sites for hydroxylation is 1. The summed E-state index contributed by atoms with van der Waals surface area (Å²) in [6.07, 6.45) is 4.42. The third-order valence-electron chi connectivity index (χ3n) is 15.1. The van der Waals surface area contributed by atoms with Gasteiger partial charge in [-0.2, -0.15) is 26.3 Å². The first-order valence-corrected chi connectivity index (χ1v) is 31.7. The van der Waals surface area contributed by atoms with Gasteiger partial charge in [-0.25, -0.2) is 29.5 Å². The minimum absolute atomic E-state index is 0.0214. The Bertz CT molecular complexity index is 3990. The number of carbonyl (C=O) groups is 2. The normalized spacial score (nSPS) is 17.6. The molecule has 0 bridgehead atoms. The van der Waals surface area contributed by atoms with E-state index in [-0.39, 0.29) is 62.4 Å². The summed E-state index contributed by atoms with van der Waals surface area (Å²) in [6.45, 7) is 5.67. The van der Waals surface area contributed by atoms with Crippen molar-refractivity contribution in [2.24, 2.45) is 0 Å². The maximum atomic E-state index is 12.5. The molecule has 12 rings (SSSR count). The fourth-order valence-electron chi connectivity index (χ4n) is 10.9. The number of hydrogen-bond donors (Lipinski definition) is 0. The van der Waals surface area contributed by atoms with E-state index in [9.17, 15) is 35.9 Å². The molecule has 4 aliphatic heterocycles. The molecule has 0 unspecified atom stereocenters. The summed E-state index contributed by atoms with van der Waals surface area (Å²) in [4.78, 5) is 45.8. The summed E-state index contributed by atoms with van der Waals surface area (Å²) in [6, 6.07) is 17.7. The third kappa shape index (κ3) is 17.4. The van der Waals surface area contributed by atoms with Gasteiger partial charge in [0.1, 0.15) is 39.3 Å². The van der Waals surface area contributed by atoms with Gasteiger partial charge in [0, 0.05) is 65.5 Å². The molecule has 0 fully saturated rings. The molecular weight excluding hydrogens is 1390 g/mol. The van der Waals surface area contributed by atoms with Crippen LogP contribution in [0.25, 0.3) is 45.4 Å². The van der Waals surface area contributed by atoms with Crippen LogP contribution in [-0.4, -0.2) is 140 Å². The highest BCUT2D eigenvalue weighted by atomic mass is 79.9. The molecule has 4 aliphatic rings. The van der Waals surface area contributed by atoms with Crippen molar-refractivity contribution in [1.29, 1.82) is 0 Å². The van der Waals surface area contributed by atoms with Crippen molar-refractivity contribution >= 4 is 74.3 Å². The first-order valence-electron chi connectivity index (χ1n) is 29.4. The molecule has 0 radical (unpaired) electrons. The van der Waals surface area contributed by atoms with Crippen molar-refractivity contribution in [3.05, 3.63) is 138 Å². The standard InChI is InChI=1S/C21H20ClF2N3O2.C17H17ClF2N2O4.C15H14BrClF2N2O2.C10H13ClN2O3/c1-12-9-14(5-7-25-12)19-17-6-8-28-13(2)11-27(17)20(26-19)15-3-4-18(16(22)10-15)29-21(23)24;1-9-8-22-12(5-6-25-9)14(16(23)24-2)21-15(22)10-3-4-13(11(18)7-10)26-17(19)20;1-8-7-21-11(4-5-22-8)13(16)20-14(21)9-2-3-12(10(17)6-9)23-15(18)19;1-6-5-13-7(3-4-16-6)8(9(14)15-2)12-10(13)11/h3-5,7,9-10,13,21H,6,8,11H2,1-2H3;3-4,7,9,17H,5-6,8H2,1-2H3;2-3,6,8,15H,4-5,7H2,1H3;6H,3-5H2,1-2H3/t13-;9-;8-;6-/m1111/s1. The Morgan fingerprint density at radius 2 is 0.872 bits per heavy atom. The zero-order valence-corrected chi connectivity index (χ0v) is 56.2. The van der Waals surface area contributed by atoms with E-state index in [2.05, 4.69) is 63.9 Å². The van der Waals surface area contributed by atoms with Crippen molar-refractivity contribution in [3.8, 4) is 62.7 Å². The minimum atomic E-state index is -2.97. The van der Waals surface area contributed by atoms with Crippen LogP contribution in [0.5, 0.6) is 17.2 Å². The second-order valence-electron chi connectivity index (χ2n) is 21.7. The predicted molar refractivity (Wildman–Crippen MR) is 340 cm³/mol. The van der Waals surface area contributed by atoms with Gasteiger partial charge in [0.15, 0.2) is 11.4 Å². The van der Waals surface area contributed by atoms with Crippen LogP contribution in [0.2, 0.25) is 20.4 Å². The number of hydrogen-bond acceptors (Lipinski definition) is 16. The van der Waals surface area contributed by atoms with Crippen LogP contribution in [0.1, 0.15) is 77.1 Å². The summed E-state index contributed by atoms with van der Waals surface area (Å²) in [5.41, 5.74) is 8.91. The molecule has 3 aromatic carbocycles. The quantitative estimate of drug-likeness (QED) is 0.0825. The zero-order chi connectivity index (χ0) is 67.7. The SMILES string of the molecule is COC(=O)c1nc(-c2ccc(OC(F)F)c(Cl)c2)n2c1CCO[C@H](C)C2.COC(=O)c1nc(Cl)n2c1CCO[C@H](C)C2.C[C@@H]1Cn2c(-c3ccc(OC(F)F)c(Cl)c3)nc(Br)c2CCO1.Cc1cc(-c2nc(-c3ccc(OC(F)F)c(Cl)c3)n3c2CCO[C@H](C)C3)ccn1. The van der Waals surface area contributed by atoms with Gasteiger partial charge in [-0.1, -0.05) is 34.8 Å². The number of ether oxygens (including phenoxy) is 9. The van der Waals surface area contributed by atoms with Crippen LogP contribution < -0.4 is 14.2 Å². The Morgan fingerprint density at radius 1 is 0.500 bits per heavy atom. The number of carbonyl (C=O) groups excluding carboxylic acids is 2. The highest BCUT2D eigenvalue weighted by molar-refractivity contribution is 9.10. The molecule has 4 atom stereocenters. The van der Waals surface area contributed by atoms with Gasteiger partial charge in [-0.15, -0.1) is 0 Å². The van der Waals surface area contributed by atoms with E-state index in [4.69, 9.17) is 75.1 Å². The molecule has 20 nitrogen and oxygen atoms in total. The molecule has 0 N–H and O–H groups in total. The van der Waals surface area contributed by atoms with Crippen molar-refractivity contribution in [2.45, 2.75) is 131 Å². The van der Waals surface area contributed by atoms with E-state index in [1.54, 1.807) is 36.5 Å². The van der Waals surface area contributed by atoms with Gasteiger partial charge in [0.25, 0.3) is 0 Å². The molecule has 0 amide bonds. The number of esters is 2. The molecule has 9 heterocycles. The first kappa shape index (κ1) is 71.3. The van der Waals surface area contributed by atoms with Gasteiger partial charge >= 0.3 is 31.8 Å². The topological polar surface area (TPSA) is 201 Å². The monoisotopic (exact) mass is 1460 g/mol. The smallest absolute Gasteiger partial charge is 0.387 e. The van der Waals surface area contributed by atoms with Crippen LogP contribution in [-0.2, 0) is 80.3 Å². The van der Waals surface area contributed by atoms with Crippen LogP contribution >= 0.6 is 62.3 Å². The Morgan fingerprint density at radius 3 is 1.30 bits per heavy atom. The van der Waals surface area contributed by atoms with Crippen LogP contribution in [0.4, 0.5) is 26.3 Å². The van der Waals surface area contributed by atoms with E-state index >= 15 is 0 Å². The largest absolute Gasteiger partial charge is 0.464 e. The minimum Gasteiger partial charge on any atom is -0.464 e. The van der Waals surface area contributed by atoms with Crippen molar-refractivity contribution in [2.75, 3.05) is 40.6 Å². The summed E-state index contributed by atoms with van der Waals surface area (Å²) in [5, 5.41) is 0.569. The second-order valence-corrected chi connectivity index (χ2v) is 24.0. The molecule has 0 saturated carbocycles. The summed E-state index contributed by atoms with van der Waals surface area (Å²) in [5.74, 6) is 0.685. The van der Waals surface area contributed by atoms with Crippen LogP contribution in [0.15, 0.2) is 77.5 Å². The average molecular weight is 1460 g/mol. The highest BCUT2D eigenvalue weighted by Crippen LogP contribution is 2.38. The van der Waals surface area contributed by atoms with Crippen LogP contribution in [0, 0.1) is 6.92 Å². The number of imidazole rings is 4. The maximum Gasteiger partial charge on any atom is 0.387 e. The number of methoxy groups -OCH3 is 2. The lowest BCUT2D eigenvalue weighted by atomic mass is 10.1. The number of aromatic nitrogens is 9. The molecule has 504 valence electrons. The first-order chi connectivity index (χ1) is 44.9. The van der Waals surface area contributed by atoms with Gasteiger partial charge in [0.2, 0.25) is 5.28 Å². The number of alkyl halides is 6. The summed E-state index contributed by atoms with van der Waals surface area (Å²) < 4.78 is 129. The maximum absolute atomic E-state index is 12.5. The number of benzene rings is 3. The lowest BCUT2D eigenvalue weighted by Crippen LogP contribution is -2.15. The van der Waals surface area contributed by atoms with Crippen molar-refractivity contribution in [1.82, 2.24) is 43.2 Å². The Labute approximate surface area is 564 Å². The fourth-order valence-corrected chi connectivity index (χ4v) is 12.4. The van der Waals surface area contributed by atoms with Gasteiger partial charge in [-0.3, -0.25) is 4.98 Å². The number of halogens is 11. The molecule has 0 aliphatic carbocycles. The van der Waals surface area contributed by atoms with E-state index in [0.29, 0.717) is 106 Å². The van der Waals surface area contributed by atoms with E-state index in [1.807, 2.05) is 55.9 Å². The zero-order valence-electron chi connectivity index (χ0n) is 51.6. The molecule has 0 saturated heterocycles. The van der Waals surface area contributed by atoms with E-state index in [0.717, 1.165) is 62.0 Å². The van der Waals surface area contributed by atoms with E-state index in [1.165, 1.54) is 38.5 Å². The molecule has 5 aromatic heterocycles. The molecule has 8 aromatic rings. The molecule has 31 heteroatoms. The molecular formula is C63H64BrCl4F6N9O11. The second kappa shape index (κ2) is 32.2. The average Bonchev–Trinajstić information content (AvgIpc) is 1.64. The number of nitrogens with zero attached hydrogens (tertiary/aromatic N) is 9. The number of rotatable bonds is 12. The molecule has 0 spiro atoms. The van der Waals surface area contributed by atoms with Gasteiger partial charge < -0.3 is 60.9 Å². The third-order valence-corrected chi connectivity index (χ3v) is 16.9. The lowest BCUT2D eigenvalue weighted by molar-refractivity contribution is -0.0504. The fraction of sp³-hybridized carbons (Fsp3) is 0.413. The van der Waals surface area contributed by atoms with E-state index < -0.39 is 31.8 Å². The lowest BCUT2D eigenvalue weighted by Gasteiger charge is -2.13. The number of pyridine rings is 1. The Kier molecular flexibility index (Phi) is 24.4.